The van der Waals surface area contributed by atoms with E-state index in [9.17, 15) is 5.11 Å². The number of aromatic amines is 1. The standard InChI is InChI=1S/C16H22N2O2/c1-2-8-20-11-5-6-14-12(9-11)13(10-18-14)16(19)15-4-3-7-17-15/h5-6,9-10,15-19H,2-4,7-8H2,1H3. The van der Waals surface area contributed by atoms with E-state index in [1.165, 1.54) is 0 Å². The molecule has 0 spiro atoms. The quantitative estimate of drug-likeness (QED) is 0.785. The molecule has 2 heterocycles. The van der Waals surface area contributed by atoms with Crippen LogP contribution < -0.4 is 10.1 Å². The van der Waals surface area contributed by atoms with Crippen LogP contribution in [0, 0.1) is 0 Å². The Morgan fingerprint density at radius 3 is 3.10 bits per heavy atom. The Hall–Kier alpha value is -1.52. The molecule has 4 heteroatoms. The van der Waals surface area contributed by atoms with Gasteiger partial charge in [-0.15, -0.1) is 0 Å². The third-order valence-corrected chi connectivity index (χ3v) is 3.96. The molecule has 1 saturated heterocycles. The third kappa shape index (κ3) is 2.53. The molecular weight excluding hydrogens is 252 g/mol. The molecule has 3 rings (SSSR count). The van der Waals surface area contributed by atoms with Crippen molar-refractivity contribution in [1.82, 2.24) is 10.3 Å². The minimum absolute atomic E-state index is 0.161. The smallest absolute Gasteiger partial charge is 0.120 e. The van der Waals surface area contributed by atoms with Gasteiger partial charge in [-0.05, 0) is 44.0 Å². The van der Waals surface area contributed by atoms with Crippen molar-refractivity contribution in [3.05, 3.63) is 30.0 Å². The van der Waals surface area contributed by atoms with Crippen molar-refractivity contribution in [3.63, 3.8) is 0 Å². The van der Waals surface area contributed by atoms with Crippen LogP contribution in [0.15, 0.2) is 24.4 Å². The highest BCUT2D eigenvalue weighted by atomic mass is 16.5. The van der Waals surface area contributed by atoms with Gasteiger partial charge < -0.3 is 20.1 Å². The van der Waals surface area contributed by atoms with Crippen molar-refractivity contribution in [2.75, 3.05) is 13.2 Å². The zero-order valence-corrected chi connectivity index (χ0v) is 11.9. The zero-order valence-electron chi connectivity index (χ0n) is 11.9. The van der Waals surface area contributed by atoms with Gasteiger partial charge in [0.1, 0.15) is 5.75 Å². The number of H-pyrrole nitrogens is 1. The maximum absolute atomic E-state index is 10.6. The minimum atomic E-state index is -0.465. The monoisotopic (exact) mass is 274 g/mol. The van der Waals surface area contributed by atoms with Crippen LogP contribution in [0.2, 0.25) is 0 Å². The predicted octanol–water partition coefficient (Wildman–Crippen LogP) is 2.74. The molecule has 1 aliphatic heterocycles. The van der Waals surface area contributed by atoms with Crippen molar-refractivity contribution in [2.24, 2.45) is 0 Å². The lowest BCUT2D eigenvalue weighted by atomic mass is 10.0. The Balaban J connectivity index is 1.89. The molecule has 1 aromatic carbocycles. The normalized spacial score (nSPS) is 20.4. The molecule has 2 aromatic rings. The average Bonchev–Trinajstić information content (AvgIpc) is 3.13. The second-order valence-electron chi connectivity index (χ2n) is 5.45. The number of nitrogens with one attached hydrogen (secondary N) is 2. The van der Waals surface area contributed by atoms with Crippen LogP contribution in [0.4, 0.5) is 0 Å². The molecule has 0 saturated carbocycles. The van der Waals surface area contributed by atoms with Gasteiger partial charge in [-0.3, -0.25) is 0 Å². The highest BCUT2D eigenvalue weighted by Crippen LogP contribution is 2.31. The summed E-state index contributed by atoms with van der Waals surface area (Å²) in [6, 6.07) is 6.17. The van der Waals surface area contributed by atoms with E-state index in [2.05, 4.69) is 17.2 Å². The molecule has 1 aliphatic rings. The minimum Gasteiger partial charge on any atom is -0.494 e. The Morgan fingerprint density at radius 2 is 2.35 bits per heavy atom. The van der Waals surface area contributed by atoms with E-state index in [1.807, 2.05) is 24.4 Å². The largest absolute Gasteiger partial charge is 0.494 e. The fourth-order valence-electron chi connectivity index (χ4n) is 2.87. The van der Waals surface area contributed by atoms with Crippen molar-refractivity contribution in [2.45, 2.75) is 38.3 Å². The molecule has 1 fully saturated rings. The number of hydrogen-bond donors (Lipinski definition) is 3. The van der Waals surface area contributed by atoms with E-state index in [0.717, 1.165) is 54.6 Å². The molecular formula is C16H22N2O2. The van der Waals surface area contributed by atoms with Gasteiger partial charge >= 0.3 is 0 Å². The number of aliphatic hydroxyl groups excluding tert-OH is 1. The molecule has 0 radical (unpaired) electrons. The highest BCUT2D eigenvalue weighted by molar-refractivity contribution is 5.85. The molecule has 20 heavy (non-hydrogen) atoms. The first-order valence-corrected chi connectivity index (χ1v) is 7.45. The second kappa shape index (κ2) is 5.85. The fourth-order valence-corrected chi connectivity index (χ4v) is 2.87. The molecule has 108 valence electrons. The SMILES string of the molecule is CCCOc1ccc2[nH]cc(C(O)C3CCCN3)c2c1. The Labute approximate surface area is 119 Å². The molecule has 4 nitrogen and oxygen atoms in total. The number of hydrogen-bond acceptors (Lipinski definition) is 3. The number of ether oxygens (including phenoxy) is 1. The van der Waals surface area contributed by atoms with Crippen LogP contribution in [-0.4, -0.2) is 29.3 Å². The Kier molecular flexibility index (Phi) is 3.94. The second-order valence-corrected chi connectivity index (χ2v) is 5.45. The van der Waals surface area contributed by atoms with Gasteiger partial charge in [0.25, 0.3) is 0 Å². The molecule has 0 aliphatic carbocycles. The number of aromatic nitrogens is 1. The van der Waals surface area contributed by atoms with Crippen molar-refractivity contribution < 1.29 is 9.84 Å². The predicted molar refractivity (Wildman–Crippen MR) is 80.1 cm³/mol. The number of rotatable bonds is 5. The van der Waals surface area contributed by atoms with Crippen LogP contribution in [0.3, 0.4) is 0 Å². The molecule has 0 amide bonds. The molecule has 2 atom stereocenters. The lowest BCUT2D eigenvalue weighted by molar-refractivity contribution is 0.139. The molecule has 3 N–H and O–H groups in total. The van der Waals surface area contributed by atoms with E-state index >= 15 is 0 Å². The van der Waals surface area contributed by atoms with E-state index < -0.39 is 6.10 Å². The number of aliphatic hydroxyl groups is 1. The summed E-state index contributed by atoms with van der Waals surface area (Å²) >= 11 is 0. The third-order valence-electron chi connectivity index (χ3n) is 3.96. The fraction of sp³-hybridized carbons (Fsp3) is 0.500. The maximum Gasteiger partial charge on any atom is 0.120 e. The summed E-state index contributed by atoms with van der Waals surface area (Å²) in [5.41, 5.74) is 2.00. The Morgan fingerprint density at radius 1 is 1.45 bits per heavy atom. The van der Waals surface area contributed by atoms with Gasteiger partial charge in [-0.1, -0.05) is 6.92 Å². The average molecular weight is 274 g/mol. The van der Waals surface area contributed by atoms with Crippen LogP contribution in [0.5, 0.6) is 5.75 Å². The zero-order chi connectivity index (χ0) is 13.9. The maximum atomic E-state index is 10.6. The topological polar surface area (TPSA) is 57.3 Å². The van der Waals surface area contributed by atoms with Gasteiger partial charge in [0.15, 0.2) is 0 Å². The van der Waals surface area contributed by atoms with Gasteiger partial charge in [0.05, 0.1) is 12.7 Å². The lowest BCUT2D eigenvalue weighted by Gasteiger charge is -2.17. The summed E-state index contributed by atoms with van der Waals surface area (Å²) in [5.74, 6) is 0.867. The van der Waals surface area contributed by atoms with E-state index in [4.69, 9.17) is 4.74 Å². The van der Waals surface area contributed by atoms with Crippen LogP contribution in [0.1, 0.15) is 37.9 Å². The van der Waals surface area contributed by atoms with E-state index in [-0.39, 0.29) is 6.04 Å². The number of fused-ring (bicyclic) bond motifs is 1. The van der Waals surface area contributed by atoms with Crippen molar-refractivity contribution >= 4 is 10.9 Å². The first-order chi connectivity index (χ1) is 9.79. The first kappa shape index (κ1) is 13.5. The van der Waals surface area contributed by atoms with Crippen LogP contribution >= 0.6 is 0 Å². The van der Waals surface area contributed by atoms with Crippen molar-refractivity contribution in [3.8, 4) is 5.75 Å². The van der Waals surface area contributed by atoms with E-state index in [1.54, 1.807) is 0 Å². The molecule has 2 unspecified atom stereocenters. The van der Waals surface area contributed by atoms with Gasteiger partial charge in [0, 0.05) is 28.7 Å². The lowest BCUT2D eigenvalue weighted by Crippen LogP contribution is -2.28. The van der Waals surface area contributed by atoms with Crippen LogP contribution in [-0.2, 0) is 0 Å². The number of benzene rings is 1. The highest BCUT2D eigenvalue weighted by Gasteiger charge is 2.25. The first-order valence-electron chi connectivity index (χ1n) is 7.45. The summed E-state index contributed by atoms with van der Waals surface area (Å²) in [4.78, 5) is 3.23. The van der Waals surface area contributed by atoms with E-state index in [0.29, 0.717) is 0 Å². The van der Waals surface area contributed by atoms with Gasteiger partial charge in [-0.25, -0.2) is 0 Å². The Bertz CT molecular complexity index is 573. The summed E-state index contributed by atoms with van der Waals surface area (Å²) < 4.78 is 5.68. The van der Waals surface area contributed by atoms with Gasteiger partial charge in [0.2, 0.25) is 0 Å². The molecule has 0 bridgehead atoms. The molecule has 1 aromatic heterocycles. The van der Waals surface area contributed by atoms with Gasteiger partial charge in [-0.2, -0.15) is 0 Å². The van der Waals surface area contributed by atoms with Crippen molar-refractivity contribution in [1.29, 1.82) is 0 Å². The summed E-state index contributed by atoms with van der Waals surface area (Å²) in [5, 5.41) is 15.0. The summed E-state index contributed by atoms with van der Waals surface area (Å²) in [7, 11) is 0. The summed E-state index contributed by atoms with van der Waals surface area (Å²) in [6.07, 6.45) is 4.60. The summed E-state index contributed by atoms with van der Waals surface area (Å²) in [6.45, 7) is 3.81. The van der Waals surface area contributed by atoms with Crippen LogP contribution in [0.25, 0.3) is 10.9 Å².